The van der Waals surface area contributed by atoms with Crippen LogP contribution in [0.25, 0.3) is 22.2 Å². The van der Waals surface area contributed by atoms with Crippen molar-refractivity contribution in [3.05, 3.63) is 119 Å². The molecule has 4 fully saturated rings. The van der Waals surface area contributed by atoms with Crippen molar-refractivity contribution in [1.29, 1.82) is 0 Å². The number of carbonyl (C=O) groups is 3. The van der Waals surface area contributed by atoms with Crippen molar-refractivity contribution in [1.82, 2.24) is 29.4 Å². The van der Waals surface area contributed by atoms with Crippen molar-refractivity contribution in [2.75, 3.05) is 73.4 Å². The number of pyridine rings is 1. The molecule has 0 aliphatic carbocycles. The predicted octanol–water partition coefficient (Wildman–Crippen LogP) is 6.23. The van der Waals surface area contributed by atoms with Crippen LogP contribution in [0.2, 0.25) is 0 Å². The SMILES string of the molecule is C=C1CCC(N2Cc3cc(N4CCN(CC5CCN(c6cccc(-c7cnc8[nH]cc(C(=O)c9c(F)ccc(NS(=O)(=O)N%10CC[C@@H](F)C%10)c9F)c8c7)c6)CC5)CC4)ccc3C2=O)C(=O)N1. The third-order valence-electron chi connectivity index (χ3n) is 13.8. The summed E-state index contributed by atoms with van der Waals surface area (Å²) >= 11 is 0. The van der Waals surface area contributed by atoms with Crippen LogP contribution in [0.3, 0.4) is 0 Å². The molecule has 2 atom stereocenters. The number of amides is 2. The molecule has 18 heteroatoms. The van der Waals surface area contributed by atoms with Crippen LogP contribution in [0.15, 0.2) is 85.3 Å². The van der Waals surface area contributed by atoms with E-state index in [9.17, 15) is 27.2 Å². The number of allylic oxidation sites excluding steroid dienone is 1. The second kappa shape index (κ2) is 17.5. The van der Waals surface area contributed by atoms with E-state index in [2.05, 4.69) is 59.5 Å². The number of nitrogens with one attached hydrogen (secondary N) is 3. The van der Waals surface area contributed by atoms with Crippen molar-refractivity contribution >= 4 is 55.9 Å². The number of hydrogen-bond acceptors (Lipinski definition) is 9. The summed E-state index contributed by atoms with van der Waals surface area (Å²) in [7, 11) is -4.36. The zero-order valence-corrected chi connectivity index (χ0v) is 37.1. The van der Waals surface area contributed by atoms with Crippen LogP contribution < -0.4 is 19.8 Å². The first-order valence-corrected chi connectivity index (χ1v) is 23.9. The van der Waals surface area contributed by atoms with Crippen molar-refractivity contribution in [3.63, 3.8) is 0 Å². The topological polar surface area (TPSA) is 154 Å². The molecular weight excluding hydrogens is 872 g/mol. The molecule has 4 saturated heterocycles. The van der Waals surface area contributed by atoms with Crippen LogP contribution in [-0.4, -0.2) is 121 Å². The number of aromatic nitrogens is 2. The number of nitrogens with zero attached hydrogens (tertiary/aromatic N) is 6. The van der Waals surface area contributed by atoms with Gasteiger partial charge in [0.15, 0.2) is 5.82 Å². The Hall–Kier alpha value is -6.24. The summed E-state index contributed by atoms with van der Waals surface area (Å²) in [6, 6.07) is 17.1. The summed E-state index contributed by atoms with van der Waals surface area (Å²) in [5.74, 6) is -3.23. The van der Waals surface area contributed by atoms with Gasteiger partial charge >= 0.3 is 10.2 Å². The maximum atomic E-state index is 15.8. The summed E-state index contributed by atoms with van der Waals surface area (Å²) in [5, 5.41) is 3.15. The minimum atomic E-state index is -4.36. The number of hydrogen-bond donors (Lipinski definition) is 3. The van der Waals surface area contributed by atoms with Gasteiger partial charge in [-0.1, -0.05) is 18.7 Å². The fourth-order valence-corrected chi connectivity index (χ4v) is 11.3. The van der Waals surface area contributed by atoms with Gasteiger partial charge in [-0.25, -0.2) is 18.2 Å². The lowest BCUT2D eigenvalue weighted by molar-refractivity contribution is -0.126. The van der Waals surface area contributed by atoms with E-state index in [1.165, 1.54) is 6.20 Å². The number of anilines is 3. The second-order valence-corrected chi connectivity index (χ2v) is 19.6. The first kappa shape index (κ1) is 43.6. The summed E-state index contributed by atoms with van der Waals surface area (Å²) in [6.07, 6.45) is 5.00. The standard InChI is InChI=1S/C48H50F3N9O5S/c1-29-5-10-42(47(62)54-29)60-27-33-22-36(6-7-37(33)48(60)63)58-19-17-56(18-20-58)26-30-11-14-57(15-12-30)35-4-2-3-31(21-35)32-23-38-39(25-53-46(38)52-24-32)45(61)43-40(50)8-9-41(44(43)51)55-66(64,65)59-16-13-34(49)28-59/h2-4,6-9,21-25,30,34,42,55H,1,5,10-20,26-28H2,(H,52,53)(H,54,62)/t34-,42?/m1/s1. The highest BCUT2D eigenvalue weighted by Gasteiger charge is 2.39. The lowest BCUT2D eigenvalue weighted by Gasteiger charge is -2.40. The quantitative estimate of drug-likeness (QED) is 0.131. The Balaban J connectivity index is 0.749. The van der Waals surface area contributed by atoms with Crippen LogP contribution in [-0.2, 0) is 21.5 Å². The van der Waals surface area contributed by atoms with Crippen LogP contribution in [0, 0.1) is 17.6 Å². The number of H-pyrrole nitrogens is 1. The molecule has 0 saturated carbocycles. The Kier molecular flexibility index (Phi) is 11.6. The summed E-state index contributed by atoms with van der Waals surface area (Å²) in [6.45, 7) is 10.3. The van der Waals surface area contributed by atoms with E-state index in [4.69, 9.17) is 0 Å². The maximum Gasteiger partial charge on any atom is 0.301 e. The molecule has 2 aromatic heterocycles. The lowest BCUT2D eigenvalue weighted by atomic mass is 9.95. The largest absolute Gasteiger partial charge is 0.371 e. The Bertz CT molecular complexity index is 2880. The maximum absolute atomic E-state index is 15.8. The Labute approximate surface area is 380 Å². The molecule has 0 spiro atoms. The van der Waals surface area contributed by atoms with Gasteiger partial charge in [-0.3, -0.25) is 24.0 Å². The van der Waals surface area contributed by atoms with Gasteiger partial charge in [-0.15, -0.1) is 0 Å². The van der Waals surface area contributed by atoms with Crippen LogP contribution in [0.4, 0.5) is 30.2 Å². The van der Waals surface area contributed by atoms with Gasteiger partial charge in [0.2, 0.25) is 11.7 Å². The number of carbonyl (C=O) groups excluding carboxylic acids is 3. The van der Waals surface area contributed by atoms with Crippen LogP contribution >= 0.6 is 0 Å². The first-order chi connectivity index (χ1) is 31.8. The van der Waals surface area contributed by atoms with E-state index in [-0.39, 0.29) is 36.9 Å². The van der Waals surface area contributed by atoms with Crippen molar-refractivity contribution in [3.8, 4) is 11.1 Å². The molecule has 7 heterocycles. The van der Waals surface area contributed by atoms with E-state index < -0.39 is 51.1 Å². The number of ketones is 1. The zero-order chi connectivity index (χ0) is 45.9. The number of piperidine rings is 2. The summed E-state index contributed by atoms with van der Waals surface area (Å²) in [4.78, 5) is 56.1. The second-order valence-electron chi connectivity index (χ2n) is 18.0. The van der Waals surface area contributed by atoms with Crippen LogP contribution in [0.5, 0.6) is 0 Å². The van der Waals surface area contributed by atoms with Crippen molar-refractivity contribution in [2.24, 2.45) is 5.92 Å². The fourth-order valence-electron chi connectivity index (χ4n) is 10.1. The Morgan fingerprint density at radius 3 is 2.41 bits per heavy atom. The number of fused-ring (bicyclic) bond motifs is 2. The highest BCUT2D eigenvalue weighted by atomic mass is 32.2. The van der Waals surface area contributed by atoms with E-state index in [1.54, 1.807) is 17.2 Å². The molecule has 3 aromatic carbocycles. The smallest absolute Gasteiger partial charge is 0.301 e. The predicted molar refractivity (Wildman–Crippen MR) is 245 cm³/mol. The molecule has 3 N–H and O–H groups in total. The van der Waals surface area contributed by atoms with Gasteiger partial charge < -0.3 is 25.0 Å². The lowest BCUT2D eigenvalue weighted by Crippen LogP contribution is -2.49. The normalized spacial score (nSPS) is 21.2. The fraction of sp³-hybridized carbons (Fsp3) is 0.375. The monoisotopic (exact) mass is 921 g/mol. The highest BCUT2D eigenvalue weighted by Crippen LogP contribution is 2.35. The Morgan fingerprint density at radius 1 is 0.879 bits per heavy atom. The molecule has 14 nitrogen and oxygen atoms in total. The number of alkyl halides is 1. The number of piperazine rings is 1. The van der Waals surface area contributed by atoms with Gasteiger partial charge in [0.25, 0.3) is 5.91 Å². The minimum Gasteiger partial charge on any atom is -0.371 e. The van der Waals surface area contributed by atoms with Crippen molar-refractivity contribution < 1.29 is 36.0 Å². The molecule has 2 amide bonds. The number of rotatable bonds is 11. The minimum absolute atomic E-state index is 0.00562. The highest BCUT2D eigenvalue weighted by molar-refractivity contribution is 7.90. The third-order valence-corrected chi connectivity index (χ3v) is 15.3. The number of benzene rings is 3. The zero-order valence-electron chi connectivity index (χ0n) is 36.2. The average molecular weight is 922 g/mol. The van der Waals surface area contributed by atoms with E-state index in [0.29, 0.717) is 53.2 Å². The Morgan fingerprint density at radius 2 is 1.65 bits per heavy atom. The van der Waals surface area contributed by atoms with E-state index >= 15 is 8.78 Å². The molecule has 344 valence electrons. The molecule has 5 aliphatic heterocycles. The van der Waals surface area contributed by atoms with Crippen molar-refractivity contribution in [2.45, 2.75) is 50.9 Å². The van der Waals surface area contributed by atoms with Gasteiger partial charge in [-0.05, 0) is 97.7 Å². The molecule has 0 radical (unpaired) electrons. The van der Waals surface area contributed by atoms with E-state index in [1.807, 2.05) is 24.3 Å². The molecule has 1 unspecified atom stereocenters. The number of aromatic amines is 1. The molecule has 10 rings (SSSR count). The number of halogens is 3. The summed E-state index contributed by atoms with van der Waals surface area (Å²) < 4.78 is 73.3. The van der Waals surface area contributed by atoms with Gasteiger partial charge in [0.05, 0.1) is 11.3 Å². The molecule has 66 heavy (non-hydrogen) atoms. The first-order valence-electron chi connectivity index (χ1n) is 22.5. The van der Waals surface area contributed by atoms with Crippen LogP contribution in [0.1, 0.15) is 63.9 Å². The van der Waals surface area contributed by atoms with Gasteiger partial charge in [-0.2, -0.15) is 12.7 Å². The molecule has 5 aromatic rings. The summed E-state index contributed by atoms with van der Waals surface area (Å²) in [5.41, 5.74) is 4.79. The van der Waals surface area contributed by atoms with Gasteiger partial charge in [0, 0.05) is 117 Å². The average Bonchev–Trinajstić information content (AvgIpc) is 4.04. The molecule has 0 bridgehead atoms. The molecular formula is C48H50F3N9O5S. The molecule has 5 aliphatic rings. The van der Waals surface area contributed by atoms with E-state index in [0.717, 1.165) is 97.6 Å². The van der Waals surface area contributed by atoms with Gasteiger partial charge in [0.1, 0.15) is 23.7 Å². The third kappa shape index (κ3) is 8.41.